The Hall–Kier alpha value is -3.23. The van der Waals surface area contributed by atoms with Crippen molar-refractivity contribution in [1.82, 2.24) is 10.3 Å². The number of amides is 1. The molecule has 0 saturated carbocycles. The normalized spacial score (nSPS) is 17.6. The number of rotatable bonds is 6. The second kappa shape index (κ2) is 8.61. The van der Waals surface area contributed by atoms with Crippen LogP contribution < -0.4 is 10.8 Å². The predicted molar refractivity (Wildman–Crippen MR) is 126 cm³/mol. The summed E-state index contributed by atoms with van der Waals surface area (Å²) in [5, 5.41) is 13.2. The SMILES string of the molecule is CC1(C)OB(c2ccc(C[C@H](NC(=O)c3cccc4cccnc34)C(=O)O)cc2)OC1(C)C. The van der Waals surface area contributed by atoms with E-state index >= 15 is 0 Å². The molecular weight excluding hydrogens is 419 g/mol. The quantitative estimate of drug-likeness (QED) is 0.566. The van der Waals surface area contributed by atoms with Gasteiger partial charge in [0.15, 0.2) is 0 Å². The minimum atomic E-state index is -1.11. The standard InChI is InChI=1S/C25H27BN2O5/c1-24(2)25(3,4)33-26(32-24)18-12-10-16(11-13-18)15-20(23(30)31)28-22(29)19-9-5-7-17-8-6-14-27-21(17)19/h5-14,20H,15H2,1-4H3,(H,28,29)(H,30,31)/t20-/m0/s1. The molecule has 2 aromatic carbocycles. The van der Waals surface area contributed by atoms with Crippen LogP contribution in [0.2, 0.25) is 0 Å². The van der Waals surface area contributed by atoms with Gasteiger partial charge in [-0.05, 0) is 50.9 Å². The van der Waals surface area contributed by atoms with E-state index in [9.17, 15) is 14.7 Å². The van der Waals surface area contributed by atoms with Gasteiger partial charge in [0, 0.05) is 18.0 Å². The Bertz CT molecular complexity index is 1170. The van der Waals surface area contributed by atoms with E-state index in [4.69, 9.17) is 9.31 Å². The van der Waals surface area contributed by atoms with E-state index in [0.717, 1.165) is 16.4 Å². The zero-order valence-corrected chi connectivity index (χ0v) is 19.2. The number of benzene rings is 2. The Labute approximate surface area is 193 Å². The summed E-state index contributed by atoms with van der Waals surface area (Å²) < 4.78 is 12.1. The van der Waals surface area contributed by atoms with Crippen LogP contribution in [0, 0.1) is 0 Å². The van der Waals surface area contributed by atoms with Gasteiger partial charge in [0.1, 0.15) is 6.04 Å². The Balaban J connectivity index is 1.47. The summed E-state index contributed by atoms with van der Waals surface area (Å²) in [4.78, 5) is 29.0. The highest BCUT2D eigenvalue weighted by atomic mass is 16.7. The molecule has 7 nitrogen and oxygen atoms in total. The molecule has 2 N–H and O–H groups in total. The van der Waals surface area contributed by atoms with Gasteiger partial charge in [0.25, 0.3) is 5.91 Å². The van der Waals surface area contributed by atoms with Crippen LogP contribution in [-0.2, 0) is 20.5 Å². The third-order valence-corrected chi connectivity index (χ3v) is 6.43. The fourth-order valence-electron chi connectivity index (χ4n) is 3.75. The monoisotopic (exact) mass is 446 g/mol. The number of carbonyl (C=O) groups is 2. The van der Waals surface area contributed by atoms with E-state index in [1.165, 1.54) is 0 Å². The average Bonchev–Trinajstić information content (AvgIpc) is 3.00. The molecular formula is C25H27BN2O5. The van der Waals surface area contributed by atoms with Gasteiger partial charge in [-0.1, -0.05) is 42.5 Å². The van der Waals surface area contributed by atoms with Gasteiger partial charge in [-0.25, -0.2) is 4.79 Å². The van der Waals surface area contributed by atoms with Gasteiger partial charge in [-0.2, -0.15) is 0 Å². The molecule has 1 atom stereocenters. The van der Waals surface area contributed by atoms with Gasteiger partial charge in [-0.15, -0.1) is 0 Å². The lowest BCUT2D eigenvalue weighted by Gasteiger charge is -2.32. The Morgan fingerprint density at radius 1 is 1.00 bits per heavy atom. The maximum absolute atomic E-state index is 12.9. The number of aromatic nitrogens is 1. The zero-order valence-electron chi connectivity index (χ0n) is 19.2. The summed E-state index contributed by atoms with van der Waals surface area (Å²) in [5.41, 5.74) is 1.63. The Kier molecular flexibility index (Phi) is 5.99. The van der Waals surface area contributed by atoms with Gasteiger partial charge < -0.3 is 19.7 Å². The highest BCUT2D eigenvalue weighted by molar-refractivity contribution is 6.62. The molecule has 0 unspecified atom stereocenters. The van der Waals surface area contributed by atoms with Crippen molar-refractivity contribution in [3.8, 4) is 0 Å². The van der Waals surface area contributed by atoms with Gasteiger partial charge >= 0.3 is 13.1 Å². The number of carboxylic acid groups (broad SMARTS) is 1. The number of fused-ring (bicyclic) bond motifs is 1. The van der Waals surface area contributed by atoms with Crippen LogP contribution in [0.15, 0.2) is 60.8 Å². The molecule has 8 heteroatoms. The molecule has 1 fully saturated rings. The van der Waals surface area contributed by atoms with Crippen molar-refractivity contribution in [3.63, 3.8) is 0 Å². The molecule has 0 bridgehead atoms. The minimum Gasteiger partial charge on any atom is -0.480 e. The fourth-order valence-corrected chi connectivity index (χ4v) is 3.75. The number of carbonyl (C=O) groups excluding carboxylic acids is 1. The predicted octanol–water partition coefficient (Wildman–Crippen LogP) is 2.96. The first-order valence-electron chi connectivity index (χ1n) is 10.9. The molecule has 33 heavy (non-hydrogen) atoms. The van der Waals surface area contributed by atoms with Crippen LogP contribution >= 0.6 is 0 Å². The van der Waals surface area contributed by atoms with E-state index in [1.54, 1.807) is 24.4 Å². The molecule has 1 amide bonds. The summed E-state index contributed by atoms with van der Waals surface area (Å²) in [7, 11) is -0.488. The van der Waals surface area contributed by atoms with E-state index in [2.05, 4.69) is 10.3 Å². The molecule has 1 aromatic heterocycles. The average molecular weight is 446 g/mol. The molecule has 170 valence electrons. The third-order valence-electron chi connectivity index (χ3n) is 6.43. The first kappa shape index (κ1) is 23.0. The summed E-state index contributed by atoms with van der Waals surface area (Å²) in [6.07, 6.45) is 1.75. The van der Waals surface area contributed by atoms with E-state index in [0.29, 0.717) is 11.1 Å². The molecule has 4 rings (SSSR count). The van der Waals surface area contributed by atoms with E-state index < -0.39 is 36.2 Å². The lowest BCUT2D eigenvalue weighted by molar-refractivity contribution is -0.139. The highest BCUT2D eigenvalue weighted by Crippen LogP contribution is 2.36. The van der Waals surface area contributed by atoms with Crippen molar-refractivity contribution in [2.24, 2.45) is 0 Å². The summed E-state index contributed by atoms with van der Waals surface area (Å²) in [5.74, 6) is -1.58. The first-order chi connectivity index (χ1) is 15.6. The van der Waals surface area contributed by atoms with Crippen LogP contribution in [0.4, 0.5) is 0 Å². The molecule has 0 aliphatic carbocycles. The van der Waals surface area contributed by atoms with Crippen molar-refractivity contribution < 1.29 is 24.0 Å². The van der Waals surface area contributed by atoms with E-state index in [1.807, 2.05) is 64.1 Å². The minimum absolute atomic E-state index is 0.142. The van der Waals surface area contributed by atoms with Gasteiger partial charge in [-0.3, -0.25) is 9.78 Å². The van der Waals surface area contributed by atoms with Crippen LogP contribution in [0.25, 0.3) is 10.9 Å². The molecule has 1 aliphatic heterocycles. The zero-order chi connectivity index (χ0) is 23.8. The molecule has 3 aromatic rings. The van der Waals surface area contributed by atoms with Crippen LogP contribution in [0.3, 0.4) is 0 Å². The second-order valence-electron chi connectivity index (χ2n) is 9.28. The summed E-state index contributed by atoms with van der Waals surface area (Å²) >= 11 is 0. The second-order valence-corrected chi connectivity index (χ2v) is 9.28. The van der Waals surface area contributed by atoms with Gasteiger partial charge in [0.2, 0.25) is 0 Å². The third kappa shape index (κ3) is 4.63. The Morgan fingerprint density at radius 2 is 1.64 bits per heavy atom. The highest BCUT2D eigenvalue weighted by Gasteiger charge is 2.51. The first-order valence-corrected chi connectivity index (χ1v) is 10.9. The van der Waals surface area contributed by atoms with Crippen LogP contribution in [0.1, 0.15) is 43.6 Å². The molecule has 1 aliphatic rings. The van der Waals surface area contributed by atoms with Crippen molar-refractivity contribution in [2.45, 2.75) is 51.4 Å². The maximum atomic E-state index is 12.9. The number of aliphatic carboxylic acids is 1. The molecule has 1 saturated heterocycles. The van der Waals surface area contributed by atoms with E-state index in [-0.39, 0.29) is 6.42 Å². The number of nitrogens with one attached hydrogen (secondary N) is 1. The van der Waals surface area contributed by atoms with Crippen molar-refractivity contribution in [3.05, 3.63) is 71.9 Å². The van der Waals surface area contributed by atoms with Gasteiger partial charge in [0.05, 0.1) is 22.3 Å². The molecule has 0 spiro atoms. The maximum Gasteiger partial charge on any atom is 0.494 e. The number of hydrogen-bond acceptors (Lipinski definition) is 5. The van der Waals surface area contributed by atoms with Crippen LogP contribution in [-0.4, -0.2) is 46.3 Å². The van der Waals surface area contributed by atoms with Crippen molar-refractivity contribution in [1.29, 1.82) is 0 Å². The smallest absolute Gasteiger partial charge is 0.480 e. The number of carboxylic acids is 1. The lowest BCUT2D eigenvalue weighted by atomic mass is 9.78. The number of nitrogens with zero attached hydrogens (tertiary/aromatic N) is 1. The van der Waals surface area contributed by atoms with Crippen LogP contribution in [0.5, 0.6) is 0 Å². The Morgan fingerprint density at radius 3 is 2.27 bits per heavy atom. The number of hydrogen-bond donors (Lipinski definition) is 2. The molecule has 2 heterocycles. The number of para-hydroxylation sites is 1. The van der Waals surface area contributed by atoms with Crippen molar-refractivity contribution in [2.75, 3.05) is 0 Å². The summed E-state index contributed by atoms with van der Waals surface area (Å²) in [6, 6.07) is 15.2. The lowest BCUT2D eigenvalue weighted by Crippen LogP contribution is -2.42. The number of pyridine rings is 1. The van der Waals surface area contributed by atoms with Crippen molar-refractivity contribution >= 4 is 35.4 Å². The fraction of sp³-hybridized carbons (Fsp3) is 0.320. The topological polar surface area (TPSA) is 97.8 Å². The summed E-state index contributed by atoms with van der Waals surface area (Å²) in [6.45, 7) is 7.97. The largest absolute Gasteiger partial charge is 0.494 e. The molecule has 0 radical (unpaired) electrons.